The largest absolute Gasteiger partial charge is 0.457 e. The molecule has 2 aromatic carbocycles. The van der Waals surface area contributed by atoms with Gasteiger partial charge in [0.1, 0.15) is 6.61 Å². The lowest BCUT2D eigenvalue weighted by atomic mass is 10.1. The van der Waals surface area contributed by atoms with E-state index in [1.54, 1.807) is 24.3 Å². The molecule has 2 aromatic rings. The molecular weight excluding hydrogens is 297 g/mol. The number of carbonyl (C=O) groups excluding carboxylic acids is 1. The van der Waals surface area contributed by atoms with E-state index in [-0.39, 0.29) is 6.61 Å². The first-order valence-electron chi connectivity index (χ1n) is 5.71. The number of rotatable bonds is 3. The van der Waals surface area contributed by atoms with Crippen molar-refractivity contribution >= 4 is 29.2 Å². The molecule has 5 heteroatoms. The molecular formula is C15H9Cl2NO2. The molecule has 0 amide bonds. The minimum Gasteiger partial charge on any atom is -0.457 e. The molecule has 0 aliphatic carbocycles. The van der Waals surface area contributed by atoms with E-state index in [1.165, 1.54) is 18.2 Å². The Kier molecular flexibility index (Phi) is 4.62. The standard InChI is InChI=1S/C15H9Cl2NO2/c16-13-5-12(6-14(17)7-13)15(19)20-9-11-3-1-2-10(4-11)8-18/h1-7H,9H2. The van der Waals surface area contributed by atoms with Crippen molar-refractivity contribution in [1.82, 2.24) is 0 Å². The van der Waals surface area contributed by atoms with Crippen LogP contribution in [0, 0.1) is 11.3 Å². The number of ether oxygens (including phenoxy) is 1. The fourth-order valence-electron chi connectivity index (χ4n) is 1.63. The third-order valence-corrected chi connectivity index (χ3v) is 2.96. The molecule has 0 N–H and O–H groups in total. The molecule has 0 aliphatic heterocycles. The Hall–Kier alpha value is -2.02. The first kappa shape index (κ1) is 14.4. The van der Waals surface area contributed by atoms with Gasteiger partial charge in [0.15, 0.2) is 0 Å². The SMILES string of the molecule is N#Cc1cccc(COC(=O)c2cc(Cl)cc(Cl)c2)c1. The summed E-state index contributed by atoms with van der Waals surface area (Å²) in [5.74, 6) is -0.517. The summed E-state index contributed by atoms with van der Waals surface area (Å²) in [6.07, 6.45) is 0. The predicted molar refractivity (Wildman–Crippen MR) is 76.7 cm³/mol. The maximum absolute atomic E-state index is 11.9. The Labute approximate surface area is 126 Å². The normalized spacial score (nSPS) is 9.85. The van der Waals surface area contributed by atoms with Crippen molar-refractivity contribution in [2.45, 2.75) is 6.61 Å². The minimum atomic E-state index is -0.517. The maximum atomic E-state index is 11.9. The Morgan fingerprint density at radius 1 is 1.15 bits per heavy atom. The Morgan fingerprint density at radius 3 is 2.50 bits per heavy atom. The van der Waals surface area contributed by atoms with Gasteiger partial charge in [-0.3, -0.25) is 0 Å². The molecule has 2 rings (SSSR count). The van der Waals surface area contributed by atoms with Crippen LogP contribution in [-0.2, 0) is 11.3 Å². The number of hydrogen-bond donors (Lipinski definition) is 0. The molecule has 0 heterocycles. The molecule has 100 valence electrons. The van der Waals surface area contributed by atoms with E-state index in [0.29, 0.717) is 21.2 Å². The number of nitrogens with zero attached hydrogens (tertiary/aromatic N) is 1. The molecule has 0 bridgehead atoms. The molecule has 0 saturated carbocycles. The molecule has 0 aromatic heterocycles. The Bertz CT molecular complexity index is 672. The van der Waals surface area contributed by atoms with Gasteiger partial charge in [-0.15, -0.1) is 0 Å². The molecule has 0 fully saturated rings. The second-order valence-corrected chi connectivity index (χ2v) is 4.92. The van der Waals surface area contributed by atoms with Gasteiger partial charge in [0, 0.05) is 10.0 Å². The molecule has 20 heavy (non-hydrogen) atoms. The summed E-state index contributed by atoms with van der Waals surface area (Å²) in [4.78, 5) is 11.9. The van der Waals surface area contributed by atoms with Crippen molar-refractivity contribution in [3.8, 4) is 6.07 Å². The minimum absolute atomic E-state index is 0.0818. The maximum Gasteiger partial charge on any atom is 0.338 e. The average Bonchev–Trinajstić information content (AvgIpc) is 2.44. The quantitative estimate of drug-likeness (QED) is 0.798. The van der Waals surface area contributed by atoms with Crippen LogP contribution in [0.2, 0.25) is 10.0 Å². The smallest absolute Gasteiger partial charge is 0.338 e. The van der Waals surface area contributed by atoms with Crippen molar-refractivity contribution in [2.24, 2.45) is 0 Å². The van der Waals surface area contributed by atoms with Crippen molar-refractivity contribution in [3.05, 3.63) is 69.2 Å². The zero-order chi connectivity index (χ0) is 14.5. The highest BCUT2D eigenvalue weighted by Crippen LogP contribution is 2.20. The first-order valence-corrected chi connectivity index (χ1v) is 6.46. The zero-order valence-corrected chi connectivity index (χ0v) is 11.8. The van der Waals surface area contributed by atoms with Crippen LogP contribution in [0.4, 0.5) is 0 Å². The average molecular weight is 306 g/mol. The monoisotopic (exact) mass is 305 g/mol. The molecule has 3 nitrogen and oxygen atoms in total. The molecule has 0 saturated heterocycles. The van der Waals surface area contributed by atoms with Crippen LogP contribution < -0.4 is 0 Å². The van der Waals surface area contributed by atoms with Crippen LogP contribution in [0.1, 0.15) is 21.5 Å². The van der Waals surface area contributed by atoms with Gasteiger partial charge in [-0.25, -0.2) is 4.79 Å². The summed E-state index contributed by atoms with van der Waals surface area (Å²) in [7, 11) is 0. The lowest BCUT2D eigenvalue weighted by Crippen LogP contribution is -2.05. The molecule has 0 atom stereocenters. The third-order valence-electron chi connectivity index (χ3n) is 2.52. The second kappa shape index (κ2) is 6.42. The predicted octanol–water partition coefficient (Wildman–Crippen LogP) is 4.22. The van der Waals surface area contributed by atoms with Gasteiger partial charge < -0.3 is 4.74 Å². The number of hydrogen-bond acceptors (Lipinski definition) is 3. The summed E-state index contributed by atoms with van der Waals surface area (Å²) in [5.41, 5.74) is 1.55. The van der Waals surface area contributed by atoms with Crippen LogP contribution >= 0.6 is 23.2 Å². The summed E-state index contributed by atoms with van der Waals surface area (Å²) in [6.45, 7) is 0.0818. The summed E-state index contributed by atoms with van der Waals surface area (Å²) >= 11 is 11.6. The van der Waals surface area contributed by atoms with Crippen molar-refractivity contribution < 1.29 is 9.53 Å². The number of halogens is 2. The third kappa shape index (κ3) is 3.74. The van der Waals surface area contributed by atoms with E-state index in [0.717, 1.165) is 5.56 Å². The topological polar surface area (TPSA) is 50.1 Å². The summed E-state index contributed by atoms with van der Waals surface area (Å²) < 4.78 is 5.16. The van der Waals surface area contributed by atoms with Gasteiger partial charge in [0.25, 0.3) is 0 Å². The molecule has 0 unspecified atom stereocenters. The van der Waals surface area contributed by atoms with Crippen LogP contribution in [0.3, 0.4) is 0 Å². The van der Waals surface area contributed by atoms with E-state index in [4.69, 9.17) is 33.2 Å². The second-order valence-electron chi connectivity index (χ2n) is 4.05. The van der Waals surface area contributed by atoms with E-state index in [2.05, 4.69) is 0 Å². The summed E-state index contributed by atoms with van der Waals surface area (Å²) in [5, 5.41) is 9.53. The van der Waals surface area contributed by atoms with Crippen molar-refractivity contribution in [2.75, 3.05) is 0 Å². The van der Waals surface area contributed by atoms with Gasteiger partial charge in [-0.2, -0.15) is 5.26 Å². The van der Waals surface area contributed by atoms with Crippen LogP contribution in [0.15, 0.2) is 42.5 Å². The van der Waals surface area contributed by atoms with Crippen molar-refractivity contribution in [3.63, 3.8) is 0 Å². The number of esters is 1. The lowest BCUT2D eigenvalue weighted by molar-refractivity contribution is 0.0472. The lowest BCUT2D eigenvalue weighted by Gasteiger charge is -2.06. The van der Waals surface area contributed by atoms with Crippen molar-refractivity contribution in [1.29, 1.82) is 5.26 Å². The van der Waals surface area contributed by atoms with E-state index >= 15 is 0 Å². The highest BCUT2D eigenvalue weighted by Gasteiger charge is 2.09. The fourth-order valence-corrected chi connectivity index (χ4v) is 2.16. The van der Waals surface area contributed by atoms with E-state index in [9.17, 15) is 4.79 Å². The van der Waals surface area contributed by atoms with Crippen LogP contribution in [0.25, 0.3) is 0 Å². The molecule has 0 radical (unpaired) electrons. The number of nitriles is 1. The van der Waals surface area contributed by atoms with E-state index in [1.807, 2.05) is 6.07 Å². The van der Waals surface area contributed by atoms with Gasteiger partial charge in [-0.05, 0) is 35.9 Å². The first-order chi connectivity index (χ1) is 9.58. The Morgan fingerprint density at radius 2 is 1.85 bits per heavy atom. The van der Waals surface area contributed by atoms with Gasteiger partial charge in [-0.1, -0.05) is 35.3 Å². The molecule has 0 aliphatic rings. The highest BCUT2D eigenvalue weighted by molar-refractivity contribution is 6.35. The van der Waals surface area contributed by atoms with Gasteiger partial charge in [0.05, 0.1) is 17.2 Å². The highest BCUT2D eigenvalue weighted by atomic mass is 35.5. The number of benzene rings is 2. The van der Waals surface area contributed by atoms with Gasteiger partial charge >= 0.3 is 5.97 Å². The zero-order valence-electron chi connectivity index (χ0n) is 10.3. The fraction of sp³-hybridized carbons (Fsp3) is 0.0667. The summed E-state index contributed by atoms with van der Waals surface area (Å²) in [6, 6.07) is 13.4. The number of carbonyl (C=O) groups is 1. The molecule has 0 spiro atoms. The van der Waals surface area contributed by atoms with Gasteiger partial charge in [0.2, 0.25) is 0 Å². The van der Waals surface area contributed by atoms with E-state index < -0.39 is 5.97 Å². The van der Waals surface area contributed by atoms with Crippen LogP contribution in [0.5, 0.6) is 0 Å². The van der Waals surface area contributed by atoms with Crippen LogP contribution in [-0.4, -0.2) is 5.97 Å². The Balaban J connectivity index is 2.06.